The Bertz CT molecular complexity index is 1130. The van der Waals surface area contributed by atoms with Crippen LogP contribution >= 0.6 is 0 Å². The largest absolute Gasteiger partial charge is 0.493 e. The van der Waals surface area contributed by atoms with E-state index in [1.807, 2.05) is 6.92 Å². The highest BCUT2D eigenvalue weighted by Crippen LogP contribution is 2.42. The molecule has 32 heavy (non-hydrogen) atoms. The Morgan fingerprint density at radius 2 is 1.78 bits per heavy atom. The quantitative estimate of drug-likeness (QED) is 0.555. The van der Waals surface area contributed by atoms with Gasteiger partial charge in [0.15, 0.2) is 11.5 Å². The highest BCUT2D eigenvalue weighted by atomic mass is 32.2. The van der Waals surface area contributed by atoms with Gasteiger partial charge in [-0.25, -0.2) is 8.42 Å². The van der Waals surface area contributed by atoms with Gasteiger partial charge in [0.2, 0.25) is 15.9 Å². The lowest BCUT2D eigenvalue weighted by molar-refractivity contribution is -0.115. The van der Waals surface area contributed by atoms with Gasteiger partial charge in [-0.15, -0.1) is 0 Å². The number of methoxy groups -OCH3 is 2. The lowest BCUT2D eigenvalue weighted by Crippen LogP contribution is -2.34. The summed E-state index contributed by atoms with van der Waals surface area (Å²) in [5.41, 5.74) is 8.81. The number of amides is 1. The van der Waals surface area contributed by atoms with Crippen LogP contribution in [0.4, 0.5) is 17.1 Å². The third kappa shape index (κ3) is 4.71. The number of rotatable bonds is 9. The van der Waals surface area contributed by atoms with E-state index < -0.39 is 15.9 Å². The van der Waals surface area contributed by atoms with Crippen LogP contribution in [0.1, 0.15) is 24.8 Å². The Morgan fingerprint density at radius 1 is 1.16 bits per heavy atom. The number of sulfonamides is 1. The number of nitrogens with two attached hydrogens (primary N) is 1. The molecule has 0 fully saturated rings. The normalized spacial score (nSPS) is 15.8. The third-order valence-corrected chi connectivity index (χ3v) is 6.42. The van der Waals surface area contributed by atoms with Gasteiger partial charge in [0.25, 0.3) is 0 Å². The van der Waals surface area contributed by atoms with Crippen molar-refractivity contribution in [3.8, 4) is 11.5 Å². The second kappa shape index (κ2) is 9.58. The molecule has 1 atom stereocenters. The molecule has 0 radical (unpaired) electrons. The van der Waals surface area contributed by atoms with Crippen molar-refractivity contribution >= 4 is 38.7 Å². The predicted molar refractivity (Wildman–Crippen MR) is 126 cm³/mol. The number of nitrogens with one attached hydrogen (secondary N) is 1. The molecule has 2 aromatic carbocycles. The maximum absolute atomic E-state index is 12.8. The fourth-order valence-electron chi connectivity index (χ4n) is 3.73. The van der Waals surface area contributed by atoms with Gasteiger partial charge in [0.1, 0.15) is 5.92 Å². The van der Waals surface area contributed by atoms with Crippen molar-refractivity contribution in [2.24, 2.45) is 10.7 Å². The van der Waals surface area contributed by atoms with E-state index in [4.69, 9.17) is 20.2 Å². The lowest BCUT2D eigenvalue weighted by atomic mass is 9.93. The SMILES string of the molecule is CCC(=Nc1ccc(N(CCN)S(C)(=O)=O)cc1)C1C(=O)Nc2cc(OC)c(OC)cc21. The average Bonchev–Trinajstić information content (AvgIpc) is 3.09. The van der Waals surface area contributed by atoms with Gasteiger partial charge >= 0.3 is 0 Å². The van der Waals surface area contributed by atoms with Crippen molar-refractivity contribution in [1.29, 1.82) is 0 Å². The standard InChI is InChI=1S/C22H28N4O5S/c1-5-17(21-16-12-19(30-2)20(31-3)13-18(16)25-22(21)27)24-14-6-8-15(9-7-14)26(11-10-23)32(4,28)29/h6-9,12-13,21H,5,10-11,23H2,1-4H3,(H,25,27). The van der Waals surface area contributed by atoms with E-state index in [2.05, 4.69) is 5.32 Å². The average molecular weight is 461 g/mol. The molecule has 1 aliphatic rings. The molecule has 1 aliphatic heterocycles. The molecule has 3 N–H and O–H groups in total. The van der Waals surface area contributed by atoms with Gasteiger partial charge in [0, 0.05) is 30.6 Å². The molecular weight excluding hydrogens is 432 g/mol. The molecule has 9 nitrogen and oxygen atoms in total. The zero-order valence-corrected chi connectivity index (χ0v) is 19.4. The van der Waals surface area contributed by atoms with E-state index in [1.54, 1.807) is 50.6 Å². The molecule has 1 unspecified atom stereocenters. The number of carbonyl (C=O) groups is 1. The maximum Gasteiger partial charge on any atom is 0.237 e. The molecule has 0 saturated carbocycles. The highest BCUT2D eigenvalue weighted by molar-refractivity contribution is 7.92. The van der Waals surface area contributed by atoms with Crippen LogP contribution in [-0.4, -0.2) is 53.6 Å². The zero-order valence-electron chi connectivity index (χ0n) is 18.6. The number of carbonyl (C=O) groups excluding carboxylic acids is 1. The molecule has 2 aromatic rings. The van der Waals surface area contributed by atoms with E-state index in [-0.39, 0.29) is 19.0 Å². The first-order valence-electron chi connectivity index (χ1n) is 10.2. The molecule has 0 bridgehead atoms. The molecule has 0 aliphatic carbocycles. The van der Waals surface area contributed by atoms with Gasteiger partial charge < -0.3 is 20.5 Å². The molecule has 0 spiro atoms. The number of aliphatic imine (C=N–C) groups is 1. The van der Waals surface area contributed by atoms with Crippen LogP contribution in [-0.2, 0) is 14.8 Å². The highest BCUT2D eigenvalue weighted by Gasteiger charge is 2.35. The minimum Gasteiger partial charge on any atom is -0.493 e. The van der Waals surface area contributed by atoms with Gasteiger partial charge in [-0.1, -0.05) is 6.92 Å². The Labute approximate surface area is 188 Å². The summed E-state index contributed by atoms with van der Waals surface area (Å²) in [6.45, 7) is 2.33. The van der Waals surface area contributed by atoms with Crippen molar-refractivity contribution in [2.45, 2.75) is 19.3 Å². The summed E-state index contributed by atoms with van der Waals surface area (Å²) < 4.78 is 36.0. The summed E-state index contributed by atoms with van der Waals surface area (Å²) in [4.78, 5) is 17.5. The first kappa shape index (κ1) is 23.6. The molecule has 1 amide bonds. The number of fused-ring (bicyclic) bond motifs is 1. The molecular formula is C22H28N4O5S. The van der Waals surface area contributed by atoms with Gasteiger partial charge in [-0.3, -0.25) is 14.1 Å². The van der Waals surface area contributed by atoms with Crippen LogP contribution in [0, 0.1) is 0 Å². The van der Waals surface area contributed by atoms with Crippen molar-refractivity contribution in [3.05, 3.63) is 42.0 Å². The van der Waals surface area contributed by atoms with Crippen molar-refractivity contribution < 1.29 is 22.7 Å². The van der Waals surface area contributed by atoms with Gasteiger partial charge in [-0.05, 0) is 42.3 Å². The third-order valence-electron chi connectivity index (χ3n) is 5.23. The Hall–Kier alpha value is -3.11. The van der Waals surface area contributed by atoms with Gasteiger partial charge in [-0.2, -0.15) is 0 Å². The number of anilines is 2. The topological polar surface area (TPSA) is 123 Å². The van der Waals surface area contributed by atoms with E-state index in [9.17, 15) is 13.2 Å². The van der Waals surface area contributed by atoms with Crippen LogP contribution < -0.4 is 24.8 Å². The number of benzene rings is 2. The summed E-state index contributed by atoms with van der Waals surface area (Å²) in [5.74, 6) is 0.344. The molecule has 0 aromatic heterocycles. The lowest BCUT2D eigenvalue weighted by Gasteiger charge is -2.21. The first-order valence-corrected chi connectivity index (χ1v) is 12.0. The molecule has 0 saturated heterocycles. The first-order chi connectivity index (χ1) is 15.2. The minimum absolute atomic E-state index is 0.168. The number of hydrogen-bond acceptors (Lipinski definition) is 7. The number of ether oxygens (including phenoxy) is 2. The van der Waals surface area contributed by atoms with E-state index in [0.29, 0.717) is 40.7 Å². The second-order valence-electron chi connectivity index (χ2n) is 7.31. The van der Waals surface area contributed by atoms with Crippen LogP contribution in [0.2, 0.25) is 0 Å². The minimum atomic E-state index is -3.44. The monoisotopic (exact) mass is 460 g/mol. The van der Waals surface area contributed by atoms with E-state index >= 15 is 0 Å². The summed E-state index contributed by atoms with van der Waals surface area (Å²) in [6.07, 6.45) is 1.69. The number of hydrogen-bond donors (Lipinski definition) is 2. The molecule has 3 rings (SSSR count). The van der Waals surface area contributed by atoms with Crippen molar-refractivity contribution in [1.82, 2.24) is 0 Å². The summed E-state index contributed by atoms with van der Waals surface area (Å²) in [7, 11) is -0.357. The van der Waals surface area contributed by atoms with Crippen molar-refractivity contribution in [2.75, 3.05) is 43.2 Å². The Balaban J connectivity index is 1.96. The van der Waals surface area contributed by atoms with Crippen LogP contribution in [0.15, 0.2) is 41.4 Å². The Kier molecular flexibility index (Phi) is 7.05. The van der Waals surface area contributed by atoms with Crippen molar-refractivity contribution in [3.63, 3.8) is 0 Å². The molecule has 10 heteroatoms. The molecule has 172 valence electrons. The predicted octanol–water partition coefficient (Wildman–Crippen LogP) is 2.65. The molecule has 1 heterocycles. The smallest absolute Gasteiger partial charge is 0.237 e. The summed E-state index contributed by atoms with van der Waals surface area (Å²) in [5, 5.41) is 2.89. The van der Waals surface area contributed by atoms with E-state index in [1.165, 1.54) is 4.31 Å². The van der Waals surface area contributed by atoms with Crippen LogP contribution in [0.5, 0.6) is 11.5 Å². The van der Waals surface area contributed by atoms with E-state index in [0.717, 1.165) is 11.8 Å². The summed E-state index contributed by atoms with van der Waals surface area (Å²) >= 11 is 0. The fourth-order valence-corrected chi connectivity index (χ4v) is 4.67. The fraction of sp³-hybridized carbons (Fsp3) is 0.364. The van der Waals surface area contributed by atoms with Crippen LogP contribution in [0.25, 0.3) is 0 Å². The van der Waals surface area contributed by atoms with Crippen LogP contribution in [0.3, 0.4) is 0 Å². The second-order valence-corrected chi connectivity index (χ2v) is 9.22. The number of nitrogens with zero attached hydrogens (tertiary/aromatic N) is 2. The Morgan fingerprint density at radius 3 is 2.31 bits per heavy atom. The zero-order chi connectivity index (χ0) is 23.5. The maximum atomic E-state index is 12.8. The van der Waals surface area contributed by atoms with Gasteiger partial charge in [0.05, 0.1) is 31.9 Å². The summed E-state index contributed by atoms with van der Waals surface area (Å²) in [6, 6.07) is 10.3.